The summed E-state index contributed by atoms with van der Waals surface area (Å²) in [7, 11) is 0. The molecule has 4 rings (SSSR count). The van der Waals surface area contributed by atoms with Crippen molar-refractivity contribution in [1.29, 1.82) is 0 Å². The van der Waals surface area contributed by atoms with Crippen molar-refractivity contribution in [2.45, 2.75) is 64.1 Å². The van der Waals surface area contributed by atoms with Crippen molar-refractivity contribution in [2.75, 3.05) is 19.8 Å². The number of esters is 1. The minimum atomic E-state index is -0.613. The lowest BCUT2D eigenvalue weighted by Gasteiger charge is -2.53. The highest BCUT2D eigenvalue weighted by Gasteiger charge is 2.50. The number of hydrogen-bond donors (Lipinski definition) is 1. The summed E-state index contributed by atoms with van der Waals surface area (Å²) >= 11 is 0. The van der Waals surface area contributed by atoms with E-state index in [0.717, 1.165) is 37.7 Å². The topological polar surface area (TPSA) is 65.0 Å². The van der Waals surface area contributed by atoms with Crippen LogP contribution in [-0.2, 0) is 24.6 Å². The van der Waals surface area contributed by atoms with Crippen LogP contribution in [0.4, 0.5) is 4.39 Å². The van der Waals surface area contributed by atoms with E-state index in [9.17, 15) is 14.3 Å². The third-order valence-electron chi connectivity index (χ3n) is 5.66. The molecule has 3 fully saturated rings. The molecule has 1 saturated carbocycles. The van der Waals surface area contributed by atoms with Crippen LogP contribution in [0.1, 0.15) is 58.4 Å². The quantitative estimate of drug-likeness (QED) is 0.595. The maximum absolute atomic E-state index is 13.3. The molecular weight excluding hydrogens is 351 g/mol. The first-order valence-corrected chi connectivity index (χ1v) is 9.56. The molecule has 0 atom stereocenters. The SMILES string of the molecule is CC(C)(C)OC(=O)COCCC12CCC(c3ccc(F)c(O)c3)(CC1)OC2. The normalized spacial score (nSPS) is 27.6. The smallest absolute Gasteiger partial charge is 0.332 e. The van der Waals surface area contributed by atoms with Gasteiger partial charge in [0.25, 0.3) is 0 Å². The van der Waals surface area contributed by atoms with Crippen LogP contribution in [0.3, 0.4) is 0 Å². The lowest BCUT2D eigenvalue weighted by Crippen LogP contribution is -2.49. The molecule has 0 aromatic heterocycles. The van der Waals surface area contributed by atoms with E-state index in [1.807, 2.05) is 20.8 Å². The molecule has 3 aliphatic rings. The number of ether oxygens (including phenoxy) is 3. The van der Waals surface area contributed by atoms with E-state index >= 15 is 0 Å². The van der Waals surface area contributed by atoms with Crippen molar-refractivity contribution in [3.05, 3.63) is 29.6 Å². The molecule has 0 unspecified atom stereocenters. The van der Waals surface area contributed by atoms with Crippen LogP contribution in [0.25, 0.3) is 0 Å². The Balaban J connectivity index is 1.49. The molecule has 27 heavy (non-hydrogen) atoms. The molecule has 2 heterocycles. The van der Waals surface area contributed by atoms with Crippen LogP contribution in [0.2, 0.25) is 0 Å². The molecule has 1 N–H and O–H groups in total. The molecule has 150 valence electrons. The number of rotatable bonds is 6. The zero-order valence-electron chi connectivity index (χ0n) is 16.3. The third-order valence-corrected chi connectivity index (χ3v) is 5.66. The van der Waals surface area contributed by atoms with Crippen LogP contribution in [0, 0.1) is 11.2 Å². The highest BCUT2D eigenvalue weighted by atomic mass is 19.1. The fourth-order valence-corrected chi connectivity index (χ4v) is 4.07. The highest BCUT2D eigenvalue weighted by Crippen LogP contribution is 2.55. The van der Waals surface area contributed by atoms with Crippen LogP contribution in [0.5, 0.6) is 5.75 Å². The number of phenols is 1. The summed E-state index contributed by atoms with van der Waals surface area (Å²) in [5, 5.41) is 9.68. The first-order valence-electron chi connectivity index (χ1n) is 9.56. The Morgan fingerprint density at radius 3 is 2.52 bits per heavy atom. The van der Waals surface area contributed by atoms with Gasteiger partial charge in [-0.15, -0.1) is 0 Å². The van der Waals surface area contributed by atoms with Crippen molar-refractivity contribution < 1.29 is 28.5 Å². The Labute approximate surface area is 159 Å². The lowest BCUT2D eigenvalue weighted by molar-refractivity contribution is -0.195. The Hall–Kier alpha value is -1.66. The zero-order valence-corrected chi connectivity index (χ0v) is 16.3. The van der Waals surface area contributed by atoms with Crippen LogP contribution in [-0.4, -0.2) is 36.5 Å². The van der Waals surface area contributed by atoms with Crippen LogP contribution < -0.4 is 0 Å². The maximum atomic E-state index is 13.3. The minimum Gasteiger partial charge on any atom is -0.505 e. The number of aromatic hydroxyl groups is 1. The van der Waals surface area contributed by atoms with Crippen molar-refractivity contribution in [1.82, 2.24) is 0 Å². The second kappa shape index (κ2) is 7.40. The predicted octanol–water partition coefficient (Wildman–Crippen LogP) is 4.07. The molecule has 5 nitrogen and oxygen atoms in total. The van der Waals surface area contributed by atoms with E-state index in [1.165, 1.54) is 12.1 Å². The number of halogens is 1. The molecule has 6 heteroatoms. The molecule has 1 aliphatic carbocycles. The van der Waals surface area contributed by atoms with E-state index < -0.39 is 17.0 Å². The summed E-state index contributed by atoms with van der Waals surface area (Å²) in [6, 6.07) is 4.48. The van der Waals surface area contributed by atoms with Crippen LogP contribution >= 0.6 is 0 Å². The van der Waals surface area contributed by atoms with Crippen molar-refractivity contribution in [2.24, 2.45) is 5.41 Å². The molecule has 1 aromatic carbocycles. The number of carbonyl (C=O) groups is 1. The summed E-state index contributed by atoms with van der Waals surface area (Å²) in [5.41, 5.74) is -0.0178. The Kier molecular flexibility index (Phi) is 5.50. The van der Waals surface area contributed by atoms with Gasteiger partial charge in [-0.3, -0.25) is 0 Å². The molecule has 2 bridgehead atoms. The van der Waals surface area contributed by atoms with Gasteiger partial charge in [-0.05, 0) is 76.0 Å². The highest BCUT2D eigenvalue weighted by molar-refractivity contribution is 5.71. The predicted molar refractivity (Wildman–Crippen MR) is 97.9 cm³/mol. The summed E-state index contributed by atoms with van der Waals surface area (Å²) < 4.78 is 30.3. The second-order valence-electron chi connectivity index (χ2n) is 8.84. The van der Waals surface area contributed by atoms with Gasteiger partial charge in [-0.1, -0.05) is 6.07 Å². The lowest BCUT2D eigenvalue weighted by atomic mass is 9.63. The van der Waals surface area contributed by atoms with Crippen LogP contribution in [0.15, 0.2) is 18.2 Å². The Morgan fingerprint density at radius 1 is 1.26 bits per heavy atom. The van der Waals surface area contributed by atoms with Crippen molar-refractivity contribution >= 4 is 5.97 Å². The van der Waals surface area contributed by atoms with Gasteiger partial charge in [-0.2, -0.15) is 0 Å². The van der Waals surface area contributed by atoms with Gasteiger partial charge in [0, 0.05) is 6.61 Å². The van der Waals surface area contributed by atoms with Gasteiger partial charge in [0.05, 0.1) is 12.2 Å². The minimum absolute atomic E-state index is 0.0347. The number of carbonyl (C=O) groups excluding carboxylic acids is 1. The largest absolute Gasteiger partial charge is 0.505 e. The first kappa shape index (κ1) is 20.1. The van der Waals surface area contributed by atoms with Gasteiger partial charge >= 0.3 is 5.97 Å². The van der Waals surface area contributed by atoms with E-state index in [-0.39, 0.29) is 23.7 Å². The maximum Gasteiger partial charge on any atom is 0.332 e. The number of hydrogen-bond acceptors (Lipinski definition) is 5. The summed E-state index contributed by atoms with van der Waals surface area (Å²) in [6.07, 6.45) is 4.48. The van der Waals surface area contributed by atoms with Gasteiger partial charge < -0.3 is 19.3 Å². The second-order valence-corrected chi connectivity index (χ2v) is 8.84. The summed E-state index contributed by atoms with van der Waals surface area (Å²) in [4.78, 5) is 11.7. The number of benzene rings is 1. The monoisotopic (exact) mass is 380 g/mol. The Morgan fingerprint density at radius 2 is 1.96 bits per heavy atom. The molecular formula is C21H29FO5. The molecule has 0 radical (unpaired) electrons. The molecule has 2 saturated heterocycles. The first-order chi connectivity index (χ1) is 12.6. The number of phenolic OH excluding ortho intramolecular Hbond substituents is 1. The van der Waals surface area contributed by atoms with E-state index in [4.69, 9.17) is 14.2 Å². The van der Waals surface area contributed by atoms with Gasteiger partial charge in [-0.25, -0.2) is 9.18 Å². The zero-order chi connectivity index (χ0) is 19.7. The van der Waals surface area contributed by atoms with E-state index in [0.29, 0.717) is 13.2 Å². The van der Waals surface area contributed by atoms with Gasteiger partial charge in [0.2, 0.25) is 0 Å². The van der Waals surface area contributed by atoms with Crippen molar-refractivity contribution in [3.63, 3.8) is 0 Å². The molecule has 0 amide bonds. The summed E-state index contributed by atoms with van der Waals surface area (Å²) in [6.45, 7) is 6.57. The fraction of sp³-hybridized carbons (Fsp3) is 0.667. The van der Waals surface area contributed by atoms with E-state index in [2.05, 4.69) is 0 Å². The molecule has 2 aliphatic heterocycles. The van der Waals surface area contributed by atoms with Gasteiger partial charge in [0.1, 0.15) is 12.2 Å². The average Bonchev–Trinajstić information content (AvgIpc) is 2.61. The average molecular weight is 380 g/mol. The standard InChI is InChI=1S/C21H29FO5/c1-19(2,3)27-18(24)13-25-11-10-20-6-8-21(9-7-20,26-14-20)15-4-5-16(22)17(23)12-15/h4-5,12,23H,6-11,13-14H2,1-3H3. The van der Waals surface area contributed by atoms with Crippen molar-refractivity contribution in [3.8, 4) is 5.75 Å². The Bertz CT molecular complexity index is 670. The summed E-state index contributed by atoms with van der Waals surface area (Å²) in [5.74, 6) is -1.29. The third kappa shape index (κ3) is 4.61. The number of fused-ring (bicyclic) bond motifs is 3. The fourth-order valence-electron chi connectivity index (χ4n) is 4.07. The molecule has 1 aromatic rings. The van der Waals surface area contributed by atoms with Gasteiger partial charge in [0.15, 0.2) is 11.6 Å². The molecule has 0 spiro atoms. The van der Waals surface area contributed by atoms with E-state index in [1.54, 1.807) is 6.07 Å².